The van der Waals surface area contributed by atoms with Crippen LogP contribution in [0.5, 0.6) is 0 Å². The predicted octanol–water partition coefficient (Wildman–Crippen LogP) is 2.68. The molecule has 0 N–H and O–H groups in total. The monoisotopic (exact) mass is 149 g/mol. The Balaban J connectivity index is 1.66. The molecule has 1 heteroatoms. The fraction of sp³-hybridized carbons (Fsp3) is 0.600. The summed E-state index contributed by atoms with van der Waals surface area (Å²) in [7, 11) is 0. The van der Waals surface area contributed by atoms with E-state index in [2.05, 4.69) is 29.1 Å². The lowest BCUT2D eigenvalue weighted by Gasteiger charge is -2.00. The quantitative estimate of drug-likeness (QED) is 0.620. The van der Waals surface area contributed by atoms with E-state index in [0.29, 0.717) is 0 Å². The van der Waals surface area contributed by atoms with Gasteiger partial charge in [0.2, 0.25) is 0 Å². The van der Waals surface area contributed by atoms with Crippen LogP contribution in [-0.4, -0.2) is 4.57 Å². The van der Waals surface area contributed by atoms with Gasteiger partial charge in [-0.3, -0.25) is 0 Å². The molecule has 0 aromatic carbocycles. The molecule has 1 aliphatic rings. The van der Waals surface area contributed by atoms with Crippen LogP contribution < -0.4 is 0 Å². The van der Waals surface area contributed by atoms with Crippen molar-refractivity contribution in [3.05, 3.63) is 24.5 Å². The van der Waals surface area contributed by atoms with Crippen LogP contribution in [0.1, 0.15) is 25.7 Å². The van der Waals surface area contributed by atoms with Crippen LogP contribution >= 0.6 is 0 Å². The number of aryl methyl sites for hydroxylation is 1. The highest BCUT2D eigenvalue weighted by molar-refractivity contribution is 4.90. The normalized spacial score (nSPS) is 17.1. The molecule has 1 nitrogen and oxygen atoms in total. The molecule has 11 heavy (non-hydrogen) atoms. The zero-order valence-corrected chi connectivity index (χ0v) is 6.87. The van der Waals surface area contributed by atoms with Gasteiger partial charge in [0.15, 0.2) is 0 Å². The summed E-state index contributed by atoms with van der Waals surface area (Å²) in [5.41, 5.74) is 0. The number of hydrogen-bond acceptors (Lipinski definition) is 0. The highest BCUT2D eigenvalue weighted by atomic mass is 14.9. The first-order valence-electron chi connectivity index (χ1n) is 4.56. The first-order chi connectivity index (χ1) is 5.45. The maximum absolute atomic E-state index is 2.27. The van der Waals surface area contributed by atoms with Crippen LogP contribution in [-0.2, 0) is 6.54 Å². The molecule has 0 amide bonds. The molecule has 1 saturated carbocycles. The summed E-state index contributed by atoms with van der Waals surface area (Å²) < 4.78 is 2.27. The van der Waals surface area contributed by atoms with E-state index in [1.54, 1.807) is 0 Å². The zero-order valence-electron chi connectivity index (χ0n) is 6.87. The molecule has 1 aromatic heterocycles. The van der Waals surface area contributed by atoms with Crippen molar-refractivity contribution in [1.29, 1.82) is 0 Å². The van der Waals surface area contributed by atoms with E-state index in [0.717, 1.165) is 5.92 Å². The molecule has 0 bridgehead atoms. The molecule has 0 saturated heterocycles. The fourth-order valence-electron chi connectivity index (χ4n) is 1.49. The highest BCUT2D eigenvalue weighted by Gasteiger charge is 2.19. The van der Waals surface area contributed by atoms with Crippen LogP contribution in [0.25, 0.3) is 0 Å². The molecule has 60 valence electrons. The smallest absolute Gasteiger partial charge is 0.0219 e. The Kier molecular flexibility index (Phi) is 1.97. The van der Waals surface area contributed by atoms with Crippen LogP contribution in [0.4, 0.5) is 0 Å². The van der Waals surface area contributed by atoms with Gasteiger partial charge >= 0.3 is 0 Å². The third-order valence-corrected chi connectivity index (χ3v) is 2.39. The minimum absolute atomic E-state index is 1.09. The number of nitrogens with zero attached hydrogens (tertiary/aromatic N) is 1. The Morgan fingerprint density at radius 1 is 1.18 bits per heavy atom. The largest absolute Gasteiger partial charge is 0.354 e. The van der Waals surface area contributed by atoms with Crippen molar-refractivity contribution in [1.82, 2.24) is 4.57 Å². The fourth-order valence-corrected chi connectivity index (χ4v) is 1.49. The molecule has 1 fully saturated rings. The van der Waals surface area contributed by atoms with Gasteiger partial charge in [-0.25, -0.2) is 0 Å². The minimum Gasteiger partial charge on any atom is -0.354 e. The molecular weight excluding hydrogens is 134 g/mol. The van der Waals surface area contributed by atoms with Gasteiger partial charge in [-0.05, 0) is 30.9 Å². The molecule has 2 rings (SSSR count). The predicted molar refractivity (Wildman–Crippen MR) is 46.4 cm³/mol. The van der Waals surface area contributed by atoms with Gasteiger partial charge in [-0.2, -0.15) is 0 Å². The van der Waals surface area contributed by atoms with E-state index in [1.165, 1.54) is 32.2 Å². The summed E-state index contributed by atoms with van der Waals surface area (Å²) in [5, 5.41) is 0. The van der Waals surface area contributed by atoms with Gasteiger partial charge in [0.25, 0.3) is 0 Å². The average Bonchev–Trinajstić information content (AvgIpc) is 2.66. The van der Waals surface area contributed by atoms with Crippen LogP contribution in [0, 0.1) is 5.92 Å². The third-order valence-electron chi connectivity index (χ3n) is 2.39. The van der Waals surface area contributed by atoms with Crippen molar-refractivity contribution in [3.63, 3.8) is 0 Å². The molecule has 0 atom stereocenters. The molecular formula is C10H15N. The Hall–Kier alpha value is -0.720. The lowest BCUT2D eigenvalue weighted by atomic mass is 10.2. The van der Waals surface area contributed by atoms with Crippen molar-refractivity contribution in [2.45, 2.75) is 32.2 Å². The second kappa shape index (κ2) is 3.12. The number of hydrogen-bond donors (Lipinski definition) is 0. The average molecular weight is 149 g/mol. The van der Waals surface area contributed by atoms with E-state index in [1.807, 2.05) is 0 Å². The number of aromatic nitrogens is 1. The van der Waals surface area contributed by atoms with Crippen molar-refractivity contribution < 1.29 is 0 Å². The summed E-state index contributed by atoms with van der Waals surface area (Å²) in [6.07, 6.45) is 10.1. The first-order valence-corrected chi connectivity index (χ1v) is 4.56. The van der Waals surface area contributed by atoms with Gasteiger partial charge in [0.1, 0.15) is 0 Å². The lowest BCUT2D eigenvalue weighted by Crippen LogP contribution is -1.93. The SMILES string of the molecule is c1ccn(CCCC2CC2)c1. The van der Waals surface area contributed by atoms with E-state index in [-0.39, 0.29) is 0 Å². The highest BCUT2D eigenvalue weighted by Crippen LogP contribution is 2.33. The van der Waals surface area contributed by atoms with Crippen molar-refractivity contribution in [2.75, 3.05) is 0 Å². The molecule has 1 aliphatic carbocycles. The summed E-state index contributed by atoms with van der Waals surface area (Å²) in [6, 6.07) is 4.19. The summed E-state index contributed by atoms with van der Waals surface area (Å²) in [4.78, 5) is 0. The van der Waals surface area contributed by atoms with E-state index in [4.69, 9.17) is 0 Å². The van der Waals surface area contributed by atoms with Gasteiger partial charge in [0.05, 0.1) is 0 Å². The molecule has 0 spiro atoms. The van der Waals surface area contributed by atoms with Crippen molar-refractivity contribution in [2.24, 2.45) is 5.92 Å². The van der Waals surface area contributed by atoms with Crippen molar-refractivity contribution >= 4 is 0 Å². The van der Waals surface area contributed by atoms with Crippen LogP contribution in [0.15, 0.2) is 24.5 Å². The van der Waals surface area contributed by atoms with E-state index < -0.39 is 0 Å². The standard InChI is InChI=1S/C10H15N/c1-2-8-11(7-1)9-3-4-10-5-6-10/h1-2,7-8,10H,3-6,9H2. The maximum atomic E-state index is 2.27. The summed E-state index contributed by atoms with van der Waals surface area (Å²) in [5.74, 6) is 1.09. The van der Waals surface area contributed by atoms with E-state index in [9.17, 15) is 0 Å². The minimum atomic E-state index is 1.09. The van der Waals surface area contributed by atoms with Gasteiger partial charge in [-0.1, -0.05) is 12.8 Å². The van der Waals surface area contributed by atoms with Crippen molar-refractivity contribution in [3.8, 4) is 0 Å². The topological polar surface area (TPSA) is 4.93 Å². The Labute approximate surface area is 68.0 Å². The second-order valence-corrected chi connectivity index (χ2v) is 3.51. The number of rotatable bonds is 4. The van der Waals surface area contributed by atoms with Gasteiger partial charge in [-0.15, -0.1) is 0 Å². The first kappa shape index (κ1) is 6.96. The van der Waals surface area contributed by atoms with Crippen LogP contribution in [0.2, 0.25) is 0 Å². The summed E-state index contributed by atoms with van der Waals surface area (Å²) >= 11 is 0. The molecule has 0 unspecified atom stereocenters. The zero-order chi connectivity index (χ0) is 7.52. The van der Waals surface area contributed by atoms with Crippen LogP contribution in [0.3, 0.4) is 0 Å². The summed E-state index contributed by atoms with van der Waals surface area (Å²) in [6.45, 7) is 1.21. The Morgan fingerprint density at radius 3 is 2.55 bits per heavy atom. The molecule has 1 aromatic rings. The Bertz CT molecular complexity index is 197. The second-order valence-electron chi connectivity index (χ2n) is 3.51. The maximum Gasteiger partial charge on any atom is 0.0219 e. The molecule has 0 aliphatic heterocycles. The molecule has 1 heterocycles. The lowest BCUT2D eigenvalue weighted by molar-refractivity contribution is 0.579. The molecule has 0 radical (unpaired) electrons. The Morgan fingerprint density at radius 2 is 1.91 bits per heavy atom. The van der Waals surface area contributed by atoms with Gasteiger partial charge < -0.3 is 4.57 Å². The van der Waals surface area contributed by atoms with Gasteiger partial charge in [0, 0.05) is 18.9 Å². The third kappa shape index (κ3) is 2.11. The van der Waals surface area contributed by atoms with E-state index >= 15 is 0 Å².